The number of ether oxygens (including phenoxy) is 2. The molecule has 0 saturated heterocycles. The van der Waals surface area contributed by atoms with Crippen molar-refractivity contribution in [2.45, 2.75) is 13.3 Å². The number of benzene rings is 1. The molecule has 1 aromatic carbocycles. The first-order chi connectivity index (χ1) is 13.9. The number of methoxy groups -OCH3 is 2. The van der Waals surface area contributed by atoms with Gasteiger partial charge in [-0.25, -0.2) is 4.99 Å². The van der Waals surface area contributed by atoms with E-state index in [1.54, 1.807) is 20.3 Å². The van der Waals surface area contributed by atoms with E-state index in [0.717, 1.165) is 17.0 Å². The summed E-state index contributed by atoms with van der Waals surface area (Å²) in [6, 6.07) is 5.59. The maximum absolute atomic E-state index is 12.5. The van der Waals surface area contributed by atoms with Crippen LogP contribution in [0.2, 0.25) is 5.02 Å². The summed E-state index contributed by atoms with van der Waals surface area (Å²) in [6.45, 7) is 2.40. The predicted octanol–water partition coefficient (Wildman–Crippen LogP) is 3.92. The van der Waals surface area contributed by atoms with E-state index in [2.05, 4.69) is 15.6 Å². The zero-order valence-corrected chi connectivity index (χ0v) is 18.0. The van der Waals surface area contributed by atoms with Gasteiger partial charge in [-0.2, -0.15) is 0 Å². The van der Waals surface area contributed by atoms with Gasteiger partial charge >= 0.3 is 0 Å². The Hall–Kier alpha value is -2.64. The van der Waals surface area contributed by atoms with Crippen LogP contribution in [0.1, 0.15) is 12.0 Å². The Morgan fingerprint density at radius 1 is 1.28 bits per heavy atom. The van der Waals surface area contributed by atoms with Gasteiger partial charge in [-0.3, -0.25) is 4.79 Å². The lowest BCUT2D eigenvalue weighted by Gasteiger charge is -2.26. The largest absolute Gasteiger partial charge is 0.500 e. The first kappa shape index (κ1) is 21.1. The molecule has 1 unspecified atom stereocenters. The van der Waals surface area contributed by atoms with Crippen molar-refractivity contribution in [1.29, 1.82) is 0 Å². The van der Waals surface area contributed by atoms with Crippen LogP contribution in [0.3, 0.4) is 0 Å². The van der Waals surface area contributed by atoms with Gasteiger partial charge in [-0.05, 0) is 55.4 Å². The molecule has 152 valence electrons. The normalized spacial score (nSPS) is 17.9. The van der Waals surface area contributed by atoms with Crippen molar-refractivity contribution >= 4 is 46.2 Å². The van der Waals surface area contributed by atoms with Gasteiger partial charge in [0.2, 0.25) is 0 Å². The smallest absolute Gasteiger partial charge is 0.273 e. The van der Waals surface area contributed by atoms with Crippen LogP contribution in [0.5, 0.6) is 0 Å². The molecule has 1 heterocycles. The SMILES string of the molecule is COC1=CC=C(OC)C2C=C(CCNC(=S)Nc3cccc(Cl)c3C)C(=O)N=C12. The second-order valence-corrected chi connectivity index (χ2v) is 7.34. The highest BCUT2D eigenvalue weighted by molar-refractivity contribution is 7.80. The maximum Gasteiger partial charge on any atom is 0.273 e. The van der Waals surface area contributed by atoms with E-state index in [1.807, 2.05) is 37.3 Å². The minimum absolute atomic E-state index is 0.230. The van der Waals surface area contributed by atoms with Crippen molar-refractivity contribution < 1.29 is 14.3 Å². The Morgan fingerprint density at radius 3 is 2.79 bits per heavy atom. The fourth-order valence-corrected chi connectivity index (χ4v) is 3.54. The second kappa shape index (κ2) is 9.24. The third-order valence-electron chi connectivity index (χ3n) is 4.77. The molecule has 0 radical (unpaired) electrons. The molecule has 1 aliphatic carbocycles. The highest BCUT2D eigenvalue weighted by Crippen LogP contribution is 2.30. The first-order valence-corrected chi connectivity index (χ1v) is 9.87. The summed E-state index contributed by atoms with van der Waals surface area (Å²) in [5.74, 6) is 0.783. The number of allylic oxidation sites excluding steroid dienone is 4. The van der Waals surface area contributed by atoms with Crippen molar-refractivity contribution in [2.75, 3.05) is 26.1 Å². The van der Waals surface area contributed by atoms with Crippen LogP contribution in [-0.4, -0.2) is 37.5 Å². The molecule has 1 amide bonds. The average molecular weight is 432 g/mol. The lowest BCUT2D eigenvalue weighted by molar-refractivity contribution is -0.114. The molecule has 3 rings (SSSR count). The number of rotatable bonds is 6. The predicted molar refractivity (Wildman–Crippen MR) is 119 cm³/mol. The number of anilines is 1. The molecule has 8 heteroatoms. The van der Waals surface area contributed by atoms with E-state index < -0.39 is 0 Å². The monoisotopic (exact) mass is 431 g/mol. The van der Waals surface area contributed by atoms with E-state index in [-0.39, 0.29) is 11.8 Å². The van der Waals surface area contributed by atoms with Crippen molar-refractivity contribution in [3.63, 3.8) is 0 Å². The van der Waals surface area contributed by atoms with Crippen molar-refractivity contribution in [3.05, 3.63) is 64.1 Å². The van der Waals surface area contributed by atoms with E-state index >= 15 is 0 Å². The van der Waals surface area contributed by atoms with E-state index in [1.165, 1.54) is 0 Å². The van der Waals surface area contributed by atoms with Gasteiger partial charge in [0.15, 0.2) is 5.11 Å². The van der Waals surface area contributed by atoms with Crippen molar-refractivity contribution in [1.82, 2.24) is 5.32 Å². The van der Waals surface area contributed by atoms with Crippen LogP contribution < -0.4 is 10.6 Å². The molecule has 1 aliphatic heterocycles. The molecule has 0 aromatic heterocycles. The standard InChI is InChI=1S/C21H22ClN3O3S/c1-12-15(22)5-4-6-16(12)24-21(29)23-10-9-13-11-14-17(27-2)7-8-18(28-3)19(14)25-20(13)26/h4-8,11,14H,9-10H2,1-3H3,(H2,23,24,29). The molecule has 6 nitrogen and oxygen atoms in total. The molecule has 1 atom stereocenters. The van der Waals surface area contributed by atoms with Gasteiger partial charge in [0.05, 0.1) is 20.1 Å². The van der Waals surface area contributed by atoms with Gasteiger partial charge in [-0.1, -0.05) is 23.7 Å². The van der Waals surface area contributed by atoms with E-state index in [9.17, 15) is 4.79 Å². The summed E-state index contributed by atoms with van der Waals surface area (Å²) in [5, 5.41) is 7.37. The minimum atomic E-state index is -0.275. The molecule has 0 saturated carbocycles. The number of carbonyl (C=O) groups is 1. The summed E-state index contributed by atoms with van der Waals surface area (Å²) in [7, 11) is 3.16. The van der Waals surface area contributed by atoms with Gasteiger partial charge in [0.25, 0.3) is 5.91 Å². The third-order valence-corrected chi connectivity index (χ3v) is 5.42. The molecule has 1 aromatic rings. The number of aliphatic imine (C=N–C) groups is 1. The number of thiocarbonyl (C=S) groups is 1. The van der Waals surface area contributed by atoms with Crippen LogP contribution in [0, 0.1) is 12.8 Å². The number of fused-ring (bicyclic) bond motifs is 1. The molecule has 0 bridgehead atoms. The first-order valence-electron chi connectivity index (χ1n) is 9.08. The van der Waals surface area contributed by atoms with Gasteiger partial charge in [0.1, 0.15) is 17.2 Å². The number of amides is 1. The number of nitrogens with zero attached hydrogens (tertiary/aromatic N) is 1. The Kier molecular flexibility index (Phi) is 6.71. The lowest BCUT2D eigenvalue weighted by Crippen LogP contribution is -2.31. The van der Waals surface area contributed by atoms with Crippen LogP contribution in [0.15, 0.2) is 58.5 Å². The number of hydrogen-bond donors (Lipinski definition) is 2. The second-order valence-electron chi connectivity index (χ2n) is 6.52. The number of dihydropyridines is 1. The Bertz CT molecular complexity index is 966. The number of nitrogens with one attached hydrogen (secondary N) is 2. The van der Waals surface area contributed by atoms with Gasteiger partial charge in [-0.15, -0.1) is 0 Å². The van der Waals surface area contributed by atoms with Crippen LogP contribution in [0.4, 0.5) is 5.69 Å². The Balaban J connectivity index is 1.61. The average Bonchev–Trinajstić information content (AvgIpc) is 2.71. The van der Waals surface area contributed by atoms with Crippen molar-refractivity contribution in [2.24, 2.45) is 10.9 Å². The van der Waals surface area contributed by atoms with E-state index in [4.69, 9.17) is 33.3 Å². The summed E-state index contributed by atoms with van der Waals surface area (Å²) in [6.07, 6.45) is 5.94. The van der Waals surface area contributed by atoms with Crippen LogP contribution >= 0.6 is 23.8 Å². The highest BCUT2D eigenvalue weighted by atomic mass is 35.5. The zero-order chi connectivity index (χ0) is 21.0. The van der Waals surface area contributed by atoms with Crippen LogP contribution in [0.25, 0.3) is 0 Å². The zero-order valence-electron chi connectivity index (χ0n) is 16.4. The molecule has 2 aliphatic rings. The minimum Gasteiger partial charge on any atom is -0.500 e. The summed E-state index contributed by atoms with van der Waals surface area (Å²) < 4.78 is 10.8. The summed E-state index contributed by atoms with van der Waals surface area (Å²) in [4.78, 5) is 16.7. The third kappa shape index (κ3) is 4.68. The number of carbonyl (C=O) groups excluding carboxylic acids is 1. The van der Waals surface area contributed by atoms with E-state index in [0.29, 0.717) is 40.1 Å². The topological polar surface area (TPSA) is 72.0 Å². The molecule has 29 heavy (non-hydrogen) atoms. The summed E-state index contributed by atoms with van der Waals surface area (Å²) >= 11 is 11.5. The molecule has 0 fully saturated rings. The summed E-state index contributed by atoms with van der Waals surface area (Å²) in [5.41, 5.74) is 2.94. The quantitative estimate of drug-likeness (QED) is 0.665. The Morgan fingerprint density at radius 2 is 2.07 bits per heavy atom. The maximum atomic E-state index is 12.5. The van der Waals surface area contributed by atoms with Crippen molar-refractivity contribution in [3.8, 4) is 0 Å². The molecular weight excluding hydrogens is 410 g/mol. The lowest BCUT2D eigenvalue weighted by atomic mass is 9.89. The molecular formula is C21H22ClN3O3S. The number of halogens is 1. The fraction of sp³-hybridized carbons (Fsp3) is 0.286. The van der Waals surface area contributed by atoms with Gasteiger partial charge < -0.3 is 20.1 Å². The number of hydrogen-bond acceptors (Lipinski definition) is 4. The fourth-order valence-electron chi connectivity index (χ4n) is 3.15. The van der Waals surface area contributed by atoms with Crippen LogP contribution in [-0.2, 0) is 14.3 Å². The van der Waals surface area contributed by atoms with Gasteiger partial charge in [0, 0.05) is 22.8 Å². The molecule has 2 N–H and O–H groups in total. The highest BCUT2D eigenvalue weighted by Gasteiger charge is 2.32. The Labute approximate surface area is 180 Å². The molecule has 0 spiro atoms.